The summed E-state index contributed by atoms with van der Waals surface area (Å²) in [4.78, 5) is 11.6. The molecule has 0 radical (unpaired) electrons. The maximum atomic E-state index is 11.9. The van der Waals surface area contributed by atoms with E-state index in [0.29, 0.717) is 0 Å². The lowest BCUT2D eigenvalue weighted by atomic mass is 10.0. The molecule has 0 aromatic rings. The largest absolute Gasteiger partial charge is 0.390 e. The topological polar surface area (TPSA) is 41.1 Å². The van der Waals surface area contributed by atoms with Crippen LogP contribution in [0.2, 0.25) is 0 Å². The first-order chi connectivity index (χ1) is 7.57. The van der Waals surface area contributed by atoms with Gasteiger partial charge < -0.3 is 10.6 Å². The number of carbonyl (C=O) groups excluding carboxylic acids is 1. The molecule has 1 atom stereocenters. The van der Waals surface area contributed by atoms with E-state index in [0.717, 1.165) is 6.42 Å². The van der Waals surface area contributed by atoms with Crippen LogP contribution in [0.3, 0.4) is 0 Å². The highest BCUT2D eigenvalue weighted by atomic mass is 19.4. The monoisotopic (exact) mass is 254 g/mol. The molecule has 0 aliphatic carbocycles. The number of hydrogen-bond donors (Lipinski definition) is 2. The molecule has 2 N–H and O–H groups in total. The Hall–Kier alpha value is -0.780. The van der Waals surface area contributed by atoms with Crippen LogP contribution in [-0.4, -0.2) is 30.2 Å². The lowest BCUT2D eigenvalue weighted by Gasteiger charge is -2.26. The Labute approximate surface area is 100 Å². The average molecular weight is 254 g/mol. The molecule has 0 aliphatic rings. The molecule has 6 heteroatoms. The van der Waals surface area contributed by atoms with E-state index in [4.69, 9.17) is 0 Å². The van der Waals surface area contributed by atoms with Gasteiger partial charge in [0.05, 0.1) is 12.5 Å². The maximum Gasteiger partial charge on any atom is 0.390 e. The summed E-state index contributed by atoms with van der Waals surface area (Å²) < 4.78 is 35.7. The third-order valence-corrected chi connectivity index (χ3v) is 2.60. The first-order valence-electron chi connectivity index (χ1n) is 5.69. The first kappa shape index (κ1) is 16.2. The summed E-state index contributed by atoms with van der Waals surface area (Å²) in [7, 11) is 0. The van der Waals surface area contributed by atoms with Crippen molar-refractivity contribution >= 4 is 5.91 Å². The highest BCUT2D eigenvalue weighted by Crippen LogP contribution is 2.18. The second-order valence-corrected chi connectivity index (χ2v) is 4.77. The van der Waals surface area contributed by atoms with Crippen molar-refractivity contribution in [2.24, 2.45) is 0 Å². The van der Waals surface area contributed by atoms with Crippen LogP contribution in [0.5, 0.6) is 0 Å². The second-order valence-electron chi connectivity index (χ2n) is 4.77. The van der Waals surface area contributed by atoms with Crippen molar-refractivity contribution in [3.63, 3.8) is 0 Å². The fraction of sp³-hybridized carbons (Fsp3) is 0.909. The molecule has 0 bridgehead atoms. The highest BCUT2D eigenvalue weighted by Gasteiger charge is 2.27. The third-order valence-electron chi connectivity index (χ3n) is 2.60. The zero-order valence-corrected chi connectivity index (χ0v) is 10.7. The van der Waals surface area contributed by atoms with E-state index in [1.807, 2.05) is 20.8 Å². The molecule has 0 fully saturated rings. The number of amides is 1. The van der Waals surface area contributed by atoms with Gasteiger partial charge >= 0.3 is 6.18 Å². The molecule has 0 aromatic carbocycles. The summed E-state index contributed by atoms with van der Waals surface area (Å²) in [6.07, 6.45) is -4.36. The first-order valence-corrected chi connectivity index (χ1v) is 5.69. The Morgan fingerprint density at radius 1 is 1.29 bits per heavy atom. The van der Waals surface area contributed by atoms with Gasteiger partial charge in [-0.2, -0.15) is 13.2 Å². The number of hydrogen-bond acceptors (Lipinski definition) is 2. The molecule has 0 rings (SSSR count). The molecular formula is C11H21F3N2O. The van der Waals surface area contributed by atoms with Crippen LogP contribution in [0, 0.1) is 0 Å². The zero-order chi connectivity index (χ0) is 13.7. The van der Waals surface area contributed by atoms with E-state index in [2.05, 4.69) is 10.6 Å². The quantitative estimate of drug-likeness (QED) is 0.763. The van der Waals surface area contributed by atoms with Gasteiger partial charge in [-0.15, -0.1) is 0 Å². The van der Waals surface area contributed by atoms with Crippen molar-refractivity contribution in [1.82, 2.24) is 10.6 Å². The van der Waals surface area contributed by atoms with Crippen LogP contribution in [0.25, 0.3) is 0 Å². The fourth-order valence-electron chi connectivity index (χ4n) is 1.05. The molecule has 0 saturated heterocycles. The smallest absolute Gasteiger partial charge is 0.350 e. The maximum absolute atomic E-state index is 11.9. The molecule has 0 aliphatic heterocycles. The molecule has 1 unspecified atom stereocenters. The number of alkyl halides is 3. The lowest BCUT2D eigenvalue weighted by molar-refractivity contribution is -0.135. The number of rotatable bonds is 6. The van der Waals surface area contributed by atoms with Gasteiger partial charge in [-0.3, -0.25) is 4.79 Å². The van der Waals surface area contributed by atoms with E-state index in [9.17, 15) is 18.0 Å². The molecule has 102 valence electrons. The number of nitrogens with one attached hydrogen (secondary N) is 2. The standard InChI is InChI=1S/C11H21F3N2O/c1-5-10(3,4)16-9(17)8(2)15-7-6-11(12,13)14/h8,15H,5-7H2,1-4H3,(H,16,17). The second kappa shape index (κ2) is 6.23. The van der Waals surface area contributed by atoms with Crippen LogP contribution >= 0.6 is 0 Å². The summed E-state index contributed by atoms with van der Waals surface area (Å²) in [5.41, 5.74) is -0.336. The van der Waals surface area contributed by atoms with Gasteiger partial charge in [-0.05, 0) is 27.2 Å². The Morgan fingerprint density at radius 2 is 1.82 bits per heavy atom. The van der Waals surface area contributed by atoms with Gasteiger partial charge in [0.1, 0.15) is 0 Å². The Balaban J connectivity index is 3.99. The minimum Gasteiger partial charge on any atom is -0.350 e. The van der Waals surface area contributed by atoms with Crippen molar-refractivity contribution in [1.29, 1.82) is 0 Å². The summed E-state index contributed by atoms with van der Waals surface area (Å²) in [6.45, 7) is 6.98. The summed E-state index contributed by atoms with van der Waals surface area (Å²) in [5.74, 6) is -0.279. The van der Waals surface area contributed by atoms with E-state index < -0.39 is 18.6 Å². The molecule has 0 aromatic heterocycles. The van der Waals surface area contributed by atoms with Gasteiger partial charge in [0.15, 0.2) is 0 Å². The molecule has 17 heavy (non-hydrogen) atoms. The van der Waals surface area contributed by atoms with Crippen molar-refractivity contribution in [2.45, 2.75) is 58.3 Å². The predicted octanol–water partition coefficient (Wildman–Crippen LogP) is 2.22. The van der Waals surface area contributed by atoms with Gasteiger partial charge in [0.25, 0.3) is 0 Å². The van der Waals surface area contributed by atoms with Crippen LogP contribution in [0.15, 0.2) is 0 Å². The van der Waals surface area contributed by atoms with Crippen LogP contribution in [-0.2, 0) is 4.79 Å². The van der Waals surface area contributed by atoms with Gasteiger partial charge in [-0.1, -0.05) is 6.92 Å². The van der Waals surface area contributed by atoms with Crippen molar-refractivity contribution in [2.75, 3.05) is 6.54 Å². The number of carbonyl (C=O) groups is 1. The van der Waals surface area contributed by atoms with Crippen molar-refractivity contribution < 1.29 is 18.0 Å². The van der Waals surface area contributed by atoms with Crippen molar-refractivity contribution in [3.8, 4) is 0 Å². The van der Waals surface area contributed by atoms with Crippen LogP contribution < -0.4 is 10.6 Å². The van der Waals surface area contributed by atoms with Gasteiger partial charge in [0.2, 0.25) is 5.91 Å². The zero-order valence-electron chi connectivity index (χ0n) is 10.7. The normalized spacial score (nSPS) is 14.5. The summed E-state index contributed by atoms with van der Waals surface area (Å²) in [5, 5.41) is 5.32. The Bertz CT molecular complexity index is 252. The summed E-state index contributed by atoms with van der Waals surface area (Å²) >= 11 is 0. The Morgan fingerprint density at radius 3 is 2.24 bits per heavy atom. The SMILES string of the molecule is CCC(C)(C)NC(=O)C(C)NCCC(F)(F)F. The molecule has 3 nitrogen and oxygen atoms in total. The average Bonchev–Trinajstić information content (AvgIpc) is 2.15. The molecular weight excluding hydrogens is 233 g/mol. The van der Waals surface area contributed by atoms with Crippen molar-refractivity contribution in [3.05, 3.63) is 0 Å². The lowest BCUT2D eigenvalue weighted by Crippen LogP contribution is -2.51. The molecule has 1 amide bonds. The fourth-order valence-corrected chi connectivity index (χ4v) is 1.05. The van der Waals surface area contributed by atoms with Gasteiger partial charge in [0, 0.05) is 12.1 Å². The highest BCUT2D eigenvalue weighted by molar-refractivity contribution is 5.81. The Kier molecular flexibility index (Phi) is 5.95. The molecule has 0 heterocycles. The van der Waals surface area contributed by atoms with E-state index in [-0.39, 0.29) is 18.0 Å². The third kappa shape index (κ3) is 8.01. The molecule has 0 saturated carbocycles. The summed E-state index contributed by atoms with van der Waals surface area (Å²) in [6, 6.07) is -0.622. The van der Waals surface area contributed by atoms with Crippen LogP contribution in [0.4, 0.5) is 13.2 Å². The van der Waals surface area contributed by atoms with E-state index in [1.54, 1.807) is 6.92 Å². The van der Waals surface area contributed by atoms with Crippen LogP contribution in [0.1, 0.15) is 40.5 Å². The predicted molar refractivity (Wildman–Crippen MR) is 60.6 cm³/mol. The molecule has 0 spiro atoms. The van der Waals surface area contributed by atoms with E-state index >= 15 is 0 Å². The van der Waals surface area contributed by atoms with E-state index in [1.165, 1.54) is 0 Å². The van der Waals surface area contributed by atoms with Gasteiger partial charge in [-0.25, -0.2) is 0 Å². The minimum atomic E-state index is -4.19. The minimum absolute atomic E-state index is 0.245. The number of halogens is 3.